The van der Waals surface area contributed by atoms with Crippen LogP contribution in [0.1, 0.15) is 79.7 Å². The number of benzene rings is 2. The minimum absolute atomic E-state index is 0.00411. The highest BCUT2D eigenvalue weighted by molar-refractivity contribution is 5.98. The van der Waals surface area contributed by atoms with Gasteiger partial charge in [-0.25, -0.2) is 0 Å². The standard InChI is InChI=1S/C46H73N7O7/c1-13-30(6)41(52(10)46(58)39(28(2)3)50-45(57)40(29(4)5)51(8)9)37(59-11)27-38(54)53-25-17-20-36(53)42(60-12)31(7)43(55)49-35(26-32-18-15-14-16-19-32)44(56)48-34-23-21-33(47)22-24-34/h14-16,18-19,21-24,28-31,35-37,39-42H,13,17,20,25-27,47H2,1-12H3,(H,48,56)(H,49,55)(H,50,57)/t30-,31+,35?,36-,37+,39-,40-,41?,42+/m0/s1. The Bertz CT molecular complexity index is 1680. The number of anilines is 2. The molecule has 2 aromatic rings. The van der Waals surface area contributed by atoms with E-state index < -0.39 is 48.3 Å². The fourth-order valence-corrected chi connectivity index (χ4v) is 8.57. The first kappa shape index (κ1) is 49.8. The number of likely N-dealkylation sites (N-methyl/N-ethyl adjacent to an activating group) is 2. The van der Waals surface area contributed by atoms with Crippen LogP contribution in [0, 0.1) is 23.7 Å². The van der Waals surface area contributed by atoms with Crippen molar-refractivity contribution in [3.8, 4) is 0 Å². The number of carbonyl (C=O) groups excluding carboxylic acids is 5. The van der Waals surface area contributed by atoms with E-state index in [1.54, 1.807) is 55.1 Å². The van der Waals surface area contributed by atoms with Gasteiger partial charge in [0.2, 0.25) is 29.5 Å². The molecule has 9 atom stereocenters. The summed E-state index contributed by atoms with van der Waals surface area (Å²) in [6, 6.07) is 13.3. The van der Waals surface area contributed by atoms with Gasteiger partial charge in [-0.3, -0.25) is 28.9 Å². The van der Waals surface area contributed by atoms with Gasteiger partial charge >= 0.3 is 0 Å². The summed E-state index contributed by atoms with van der Waals surface area (Å²) in [4.78, 5) is 75.1. The lowest BCUT2D eigenvalue weighted by Crippen LogP contribution is -2.59. The lowest BCUT2D eigenvalue weighted by molar-refractivity contribution is -0.148. The van der Waals surface area contributed by atoms with Gasteiger partial charge in [-0.05, 0) is 74.5 Å². The zero-order chi connectivity index (χ0) is 44.8. The maximum atomic E-state index is 14.4. The highest BCUT2D eigenvalue weighted by Crippen LogP contribution is 2.30. The number of likely N-dealkylation sites (tertiary alicyclic amines) is 1. The Kier molecular flexibility index (Phi) is 19.5. The van der Waals surface area contributed by atoms with Crippen LogP contribution in [0.5, 0.6) is 0 Å². The number of nitrogens with two attached hydrogens (primary N) is 1. The molecular weight excluding hydrogens is 763 g/mol. The Morgan fingerprint density at radius 2 is 1.47 bits per heavy atom. The molecule has 334 valence electrons. The summed E-state index contributed by atoms with van der Waals surface area (Å²) in [5, 5.41) is 8.91. The topological polar surface area (TPSA) is 176 Å². The lowest BCUT2D eigenvalue weighted by atomic mass is 9.89. The fourth-order valence-electron chi connectivity index (χ4n) is 8.57. The van der Waals surface area contributed by atoms with Crippen LogP contribution >= 0.6 is 0 Å². The monoisotopic (exact) mass is 836 g/mol. The Labute approximate surface area is 358 Å². The largest absolute Gasteiger partial charge is 0.399 e. The normalized spacial score (nSPS) is 18.2. The molecule has 1 fully saturated rings. The molecule has 2 aromatic carbocycles. The molecule has 1 saturated heterocycles. The predicted molar refractivity (Wildman–Crippen MR) is 237 cm³/mol. The number of ether oxygens (including phenoxy) is 2. The molecule has 1 aliphatic heterocycles. The first-order chi connectivity index (χ1) is 28.4. The van der Waals surface area contributed by atoms with Gasteiger partial charge in [-0.2, -0.15) is 0 Å². The highest BCUT2D eigenvalue weighted by atomic mass is 16.5. The van der Waals surface area contributed by atoms with Crippen LogP contribution in [0.3, 0.4) is 0 Å². The summed E-state index contributed by atoms with van der Waals surface area (Å²) >= 11 is 0. The van der Waals surface area contributed by atoms with Gasteiger partial charge in [0.15, 0.2) is 0 Å². The third-order valence-corrected chi connectivity index (χ3v) is 12.0. The molecule has 5 N–H and O–H groups in total. The van der Waals surface area contributed by atoms with Crippen LogP contribution in [-0.4, -0.2) is 129 Å². The zero-order valence-electron chi connectivity index (χ0n) is 38.1. The summed E-state index contributed by atoms with van der Waals surface area (Å²) in [6.45, 7) is 14.1. The summed E-state index contributed by atoms with van der Waals surface area (Å²) in [5.41, 5.74) is 7.83. The summed E-state index contributed by atoms with van der Waals surface area (Å²) < 4.78 is 12.1. The average molecular weight is 836 g/mol. The number of carbonyl (C=O) groups is 5. The van der Waals surface area contributed by atoms with Gasteiger partial charge in [0.25, 0.3) is 0 Å². The molecule has 2 unspecified atom stereocenters. The lowest BCUT2D eigenvalue weighted by Gasteiger charge is -2.41. The minimum Gasteiger partial charge on any atom is -0.399 e. The van der Waals surface area contributed by atoms with E-state index in [0.29, 0.717) is 24.3 Å². The summed E-state index contributed by atoms with van der Waals surface area (Å²) in [7, 11) is 8.52. The van der Waals surface area contributed by atoms with Crippen molar-refractivity contribution in [2.75, 3.05) is 53.0 Å². The van der Waals surface area contributed by atoms with E-state index in [-0.39, 0.29) is 60.1 Å². The van der Waals surface area contributed by atoms with Crippen LogP contribution in [0.2, 0.25) is 0 Å². The third kappa shape index (κ3) is 13.2. The molecule has 0 bridgehead atoms. The summed E-state index contributed by atoms with van der Waals surface area (Å²) in [6.07, 6.45) is 0.994. The number of hydrogen-bond donors (Lipinski definition) is 4. The molecule has 1 heterocycles. The van der Waals surface area contributed by atoms with Crippen molar-refractivity contribution < 1.29 is 33.4 Å². The van der Waals surface area contributed by atoms with Gasteiger partial charge < -0.3 is 41.0 Å². The van der Waals surface area contributed by atoms with E-state index in [9.17, 15) is 24.0 Å². The first-order valence-electron chi connectivity index (χ1n) is 21.5. The molecule has 0 saturated carbocycles. The first-order valence-corrected chi connectivity index (χ1v) is 21.5. The van der Waals surface area contributed by atoms with Gasteiger partial charge in [0.05, 0.1) is 42.7 Å². The number of rotatable bonds is 22. The minimum atomic E-state index is -0.897. The molecule has 1 aliphatic rings. The Morgan fingerprint density at radius 3 is 2.00 bits per heavy atom. The van der Waals surface area contributed by atoms with Crippen LogP contribution in [0.4, 0.5) is 11.4 Å². The number of methoxy groups -OCH3 is 2. The fraction of sp³-hybridized carbons (Fsp3) is 0.630. The van der Waals surface area contributed by atoms with E-state index in [1.165, 1.54) is 7.11 Å². The number of amides is 5. The van der Waals surface area contributed by atoms with E-state index >= 15 is 0 Å². The predicted octanol–water partition coefficient (Wildman–Crippen LogP) is 4.58. The molecule has 14 heteroatoms. The van der Waals surface area contributed by atoms with Gasteiger partial charge in [-0.15, -0.1) is 0 Å². The Hall–Kier alpha value is -4.53. The molecular formula is C46H73N7O7. The Morgan fingerprint density at radius 1 is 0.833 bits per heavy atom. The second-order valence-corrected chi connectivity index (χ2v) is 17.3. The van der Waals surface area contributed by atoms with Crippen molar-refractivity contribution in [1.29, 1.82) is 0 Å². The van der Waals surface area contributed by atoms with Crippen molar-refractivity contribution in [1.82, 2.24) is 25.3 Å². The summed E-state index contributed by atoms with van der Waals surface area (Å²) in [5.74, 6) is -2.31. The molecule has 60 heavy (non-hydrogen) atoms. The highest BCUT2D eigenvalue weighted by Gasteiger charge is 2.43. The van der Waals surface area contributed by atoms with E-state index in [4.69, 9.17) is 15.2 Å². The Balaban J connectivity index is 1.81. The average Bonchev–Trinajstić information content (AvgIpc) is 3.69. The maximum absolute atomic E-state index is 14.4. The van der Waals surface area contributed by atoms with Crippen molar-refractivity contribution >= 4 is 40.9 Å². The second-order valence-electron chi connectivity index (χ2n) is 17.3. The molecule has 0 aromatic heterocycles. The quantitative estimate of drug-likeness (QED) is 0.124. The smallest absolute Gasteiger partial charge is 0.247 e. The number of nitrogens with zero attached hydrogens (tertiary/aromatic N) is 3. The van der Waals surface area contributed by atoms with E-state index in [2.05, 4.69) is 16.0 Å². The van der Waals surface area contributed by atoms with Crippen molar-refractivity contribution in [3.63, 3.8) is 0 Å². The van der Waals surface area contributed by atoms with Crippen LogP contribution in [-0.2, 0) is 39.9 Å². The number of hydrogen-bond acceptors (Lipinski definition) is 9. The van der Waals surface area contributed by atoms with Crippen molar-refractivity contribution in [3.05, 3.63) is 60.2 Å². The number of nitrogens with one attached hydrogen (secondary N) is 3. The molecule has 0 spiro atoms. The van der Waals surface area contributed by atoms with Crippen molar-refractivity contribution in [2.45, 2.75) is 123 Å². The van der Waals surface area contributed by atoms with E-state index in [1.807, 2.05) is 90.9 Å². The van der Waals surface area contributed by atoms with Gasteiger partial charge in [0, 0.05) is 45.6 Å². The van der Waals surface area contributed by atoms with Gasteiger partial charge in [-0.1, -0.05) is 85.2 Å². The number of nitrogen functional groups attached to an aromatic ring is 1. The van der Waals surface area contributed by atoms with Crippen LogP contribution in [0.15, 0.2) is 54.6 Å². The molecule has 14 nitrogen and oxygen atoms in total. The molecule has 0 aliphatic carbocycles. The third-order valence-electron chi connectivity index (χ3n) is 12.0. The van der Waals surface area contributed by atoms with Gasteiger partial charge in [0.1, 0.15) is 12.1 Å². The SMILES string of the molecule is CC[C@H](C)C([C@@H](CC(=O)N1CCC[C@H]1[C@H](OC)[C@@H](C)C(=O)NC(Cc1ccccc1)C(=O)Nc1ccc(N)cc1)OC)N(C)C(=O)[C@@H](NC(=O)[C@H](C(C)C)N(C)C)C(C)C. The van der Waals surface area contributed by atoms with Crippen molar-refractivity contribution in [2.24, 2.45) is 23.7 Å². The maximum Gasteiger partial charge on any atom is 0.247 e. The second kappa shape index (κ2) is 23.5. The molecule has 0 radical (unpaired) electrons. The van der Waals surface area contributed by atoms with Crippen LogP contribution in [0.25, 0.3) is 0 Å². The van der Waals surface area contributed by atoms with Crippen LogP contribution < -0.4 is 21.7 Å². The van der Waals surface area contributed by atoms with E-state index in [0.717, 1.165) is 18.4 Å². The molecule has 3 rings (SSSR count). The molecule has 5 amide bonds. The zero-order valence-corrected chi connectivity index (χ0v) is 38.1.